The Morgan fingerprint density at radius 1 is 1.41 bits per heavy atom. The second-order valence-corrected chi connectivity index (χ2v) is 5.12. The number of nitrogens with one attached hydrogen (secondary N) is 1. The predicted octanol–water partition coefficient (Wildman–Crippen LogP) is 1.70. The molecule has 0 radical (unpaired) electrons. The molecule has 1 heterocycles. The highest BCUT2D eigenvalue weighted by Crippen LogP contribution is 2.34. The number of nitrogens with zero attached hydrogens (tertiary/aromatic N) is 2. The smallest absolute Gasteiger partial charge is 0.0802 e. The van der Waals surface area contributed by atoms with Gasteiger partial charge >= 0.3 is 0 Å². The molecule has 0 aromatic carbocycles. The van der Waals surface area contributed by atoms with Crippen molar-refractivity contribution >= 4 is 0 Å². The SMILES string of the molecule is COC1(CNCc2c(C)nn(C)c2C)CCC1. The fourth-order valence-corrected chi connectivity index (χ4v) is 2.51. The lowest BCUT2D eigenvalue weighted by Crippen LogP contribution is -2.47. The molecular formula is C13H23N3O. The van der Waals surface area contributed by atoms with Crippen molar-refractivity contribution in [2.45, 2.75) is 45.3 Å². The van der Waals surface area contributed by atoms with Crippen LogP contribution in [-0.2, 0) is 18.3 Å². The molecule has 0 amide bonds. The summed E-state index contributed by atoms with van der Waals surface area (Å²) in [5, 5.41) is 7.94. The molecule has 2 rings (SSSR count). The topological polar surface area (TPSA) is 39.1 Å². The Balaban J connectivity index is 1.90. The molecule has 1 fully saturated rings. The van der Waals surface area contributed by atoms with E-state index in [1.165, 1.54) is 30.5 Å². The molecule has 1 saturated carbocycles. The summed E-state index contributed by atoms with van der Waals surface area (Å²) in [7, 11) is 3.82. The van der Waals surface area contributed by atoms with Crippen LogP contribution < -0.4 is 5.32 Å². The average Bonchev–Trinajstić information content (AvgIpc) is 2.48. The molecule has 1 N–H and O–H groups in total. The summed E-state index contributed by atoms with van der Waals surface area (Å²) in [5.74, 6) is 0. The Bertz CT molecular complexity index is 388. The summed E-state index contributed by atoms with van der Waals surface area (Å²) in [6.07, 6.45) is 3.66. The lowest BCUT2D eigenvalue weighted by atomic mass is 9.80. The van der Waals surface area contributed by atoms with Crippen LogP contribution in [0.1, 0.15) is 36.2 Å². The molecule has 1 aromatic rings. The van der Waals surface area contributed by atoms with Gasteiger partial charge in [0.15, 0.2) is 0 Å². The summed E-state index contributed by atoms with van der Waals surface area (Å²) in [5.41, 5.74) is 3.79. The molecular weight excluding hydrogens is 214 g/mol. The highest BCUT2D eigenvalue weighted by atomic mass is 16.5. The van der Waals surface area contributed by atoms with Gasteiger partial charge in [0, 0.05) is 38.5 Å². The van der Waals surface area contributed by atoms with Crippen molar-refractivity contribution in [2.24, 2.45) is 7.05 Å². The number of hydrogen-bond acceptors (Lipinski definition) is 3. The molecule has 0 aliphatic heterocycles. The Hall–Kier alpha value is -0.870. The fourth-order valence-electron chi connectivity index (χ4n) is 2.51. The Labute approximate surface area is 103 Å². The monoisotopic (exact) mass is 237 g/mol. The van der Waals surface area contributed by atoms with E-state index in [9.17, 15) is 0 Å². The maximum atomic E-state index is 5.59. The normalized spacial score (nSPS) is 18.1. The van der Waals surface area contributed by atoms with Gasteiger partial charge in [-0.1, -0.05) is 0 Å². The quantitative estimate of drug-likeness (QED) is 0.847. The summed E-state index contributed by atoms with van der Waals surface area (Å²) < 4.78 is 7.54. The molecule has 0 bridgehead atoms. The van der Waals surface area contributed by atoms with E-state index in [1.807, 2.05) is 18.8 Å². The first kappa shape index (κ1) is 12.6. The van der Waals surface area contributed by atoms with E-state index in [0.29, 0.717) is 0 Å². The standard InChI is InChI=1S/C13H23N3O/c1-10-12(11(2)16(3)15-10)8-14-9-13(17-4)6-5-7-13/h14H,5-9H2,1-4H3. The Morgan fingerprint density at radius 2 is 2.12 bits per heavy atom. The molecule has 1 aliphatic carbocycles. The average molecular weight is 237 g/mol. The van der Waals surface area contributed by atoms with Gasteiger partial charge in [0.1, 0.15) is 0 Å². The highest BCUT2D eigenvalue weighted by molar-refractivity contribution is 5.24. The number of aryl methyl sites for hydroxylation is 2. The Kier molecular flexibility index (Phi) is 3.54. The van der Waals surface area contributed by atoms with Gasteiger partial charge in [0.2, 0.25) is 0 Å². The molecule has 0 atom stereocenters. The number of aromatic nitrogens is 2. The van der Waals surface area contributed by atoms with Crippen LogP contribution in [0.4, 0.5) is 0 Å². The lowest BCUT2D eigenvalue weighted by Gasteiger charge is -2.40. The van der Waals surface area contributed by atoms with Crippen molar-refractivity contribution in [2.75, 3.05) is 13.7 Å². The van der Waals surface area contributed by atoms with Gasteiger partial charge in [-0.3, -0.25) is 4.68 Å². The number of hydrogen-bond donors (Lipinski definition) is 1. The third-order valence-electron chi connectivity index (χ3n) is 4.11. The summed E-state index contributed by atoms with van der Waals surface area (Å²) in [4.78, 5) is 0. The minimum absolute atomic E-state index is 0.101. The molecule has 1 aromatic heterocycles. The van der Waals surface area contributed by atoms with E-state index in [4.69, 9.17) is 4.74 Å². The van der Waals surface area contributed by atoms with Crippen molar-refractivity contribution in [1.82, 2.24) is 15.1 Å². The van der Waals surface area contributed by atoms with Gasteiger partial charge in [0.05, 0.1) is 11.3 Å². The predicted molar refractivity (Wildman–Crippen MR) is 68.0 cm³/mol. The minimum Gasteiger partial charge on any atom is -0.377 e. The van der Waals surface area contributed by atoms with E-state index < -0.39 is 0 Å². The second kappa shape index (κ2) is 4.78. The third-order valence-corrected chi connectivity index (χ3v) is 4.11. The van der Waals surface area contributed by atoms with Crippen LogP contribution in [0.2, 0.25) is 0 Å². The van der Waals surface area contributed by atoms with Crippen molar-refractivity contribution in [1.29, 1.82) is 0 Å². The Morgan fingerprint density at radius 3 is 2.53 bits per heavy atom. The highest BCUT2D eigenvalue weighted by Gasteiger charge is 2.36. The second-order valence-electron chi connectivity index (χ2n) is 5.12. The molecule has 4 nitrogen and oxygen atoms in total. The lowest BCUT2D eigenvalue weighted by molar-refractivity contribution is -0.0695. The maximum Gasteiger partial charge on any atom is 0.0802 e. The van der Waals surface area contributed by atoms with Gasteiger partial charge in [-0.05, 0) is 33.1 Å². The molecule has 0 spiro atoms. The molecule has 96 valence electrons. The number of ether oxygens (including phenoxy) is 1. The van der Waals surface area contributed by atoms with Crippen LogP contribution in [0.25, 0.3) is 0 Å². The van der Waals surface area contributed by atoms with E-state index in [2.05, 4.69) is 24.3 Å². The van der Waals surface area contributed by atoms with Crippen molar-refractivity contribution in [3.05, 3.63) is 17.0 Å². The van der Waals surface area contributed by atoms with E-state index in [-0.39, 0.29) is 5.60 Å². The molecule has 1 aliphatic rings. The maximum absolute atomic E-state index is 5.59. The minimum atomic E-state index is 0.101. The van der Waals surface area contributed by atoms with Crippen LogP contribution in [0, 0.1) is 13.8 Å². The number of rotatable bonds is 5. The zero-order valence-corrected chi connectivity index (χ0v) is 11.3. The van der Waals surface area contributed by atoms with Gasteiger partial charge in [-0.2, -0.15) is 5.10 Å². The zero-order chi connectivity index (χ0) is 12.5. The largest absolute Gasteiger partial charge is 0.377 e. The van der Waals surface area contributed by atoms with E-state index in [0.717, 1.165) is 18.8 Å². The van der Waals surface area contributed by atoms with Gasteiger partial charge in [-0.25, -0.2) is 0 Å². The van der Waals surface area contributed by atoms with Crippen LogP contribution in [0.3, 0.4) is 0 Å². The first-order valence-electron chi connectivity index (χ1n) is 6.33. The van der Waals surface area contributed by atoms with Gasteiger partial charge < -0.3 is 10.1 Å². The third kappa shape index (κ3) is 2.38. The molecule has 17 heavy (non-hydrogen) atoms. The first-order chi connectivity index (χ1) is 8.08. The van der Waals surface area contributed by atoms with Crippen molar-refractivity contribution in [3.8, 4) is 0 Å². The van der Waals surface area contributed by atoms with Crippen LogP contribution in [0.15, 0.2) is 0 Å². The summed E-state index contributed by atoms with van der Waals surface area (Å²) in [6, 6.07) is 0. The number of methoxy groups -OCH3 is 1. The molecule has 0 saturated heterocycles. The fraction of sp³-hybridized carbons (Fsp3) is 0.769. The summed E-state index contributed by atoms with van der Waals surface area (Å²) in [6.45, 7) is 6.01. The van der Waals surface area contributed by atoms with Crippen molar-refractivity contribution in [3.63, 3.8) is 0 Å². The molecule has 4 heteroatoms. The van der Waals surface area contributed by atoms with Crippen LogP contribution >= 0.6 is 0 Å². The van der Waals surface area contributed by atoms with Crippen LogP contribution in [-0.4, -0.2) is 29.0 Å². The first-order valence-corrected chi connectivity index (χ1v) is 6.33. The van der Waals surface area contributed by atoms with Gasteiger partial charge in [0.25, 0.3) is 0 Å². The zero-order valence-electron chi connectivity index (χ0n) is 11.3. The summed E-state index contributed by atoms with van der Waals surface area (Å²) >= 11 is 0. The van der Waals surface area contributed by atoms with Crippen molar-refractivity contribution < 1.29 is 4.74 Å². The van der Waals surface area contributed by atoms with Gasteiger partial charge in [-0.15, -0.1) is 0 Å². The van der Waals surface area contributed by atoms with Crippen LogP contribution in [0.5, 0.6) is 0 Å². The molecule has 0 unspecified atom stereocenters. The van der Waals surface area contributed by atoms with E-state index >= 15 is 0 Å². The van der Waals surface area contributed by atoms with E-state index in [1.54, 1.807) is 0 Å².